The van der Waals surface area contributed by atoms with Gasteiger partial charge >= 0.3 is 0 Å². The molecule has 0 spiro atoms. The number of aromatic amines is 1. The van der Waals surface area contributed by atoms with Crippen LogP contribution in [0.3, 0.4) is 0 Å². The van der Waals surface area contributed by atoms with Crippen molar-refractivity contribution in [3.63, 3.8) is 0 Å². The molecule has 178 valence electrons. The lowest BCUT2D eigenvalue weighted by Gasteiger charge is -2.30. The van der Waals surface area contributed by atoms with Crippen molar-refractivity contribution in [2.24, 2.45) is 0 Å². The van der Waals surface area contributed by atoms with Gasteiger partial charge in [-0.1, -0.05) is 37.5 Å². The van der Waals surface area contributed by atoms with Crippen LogP contribution in [-0.4, -0.2) is 30.1 Å². The van der Waals surface area contributed by atoms with Crippen molar-refractivity contribution in [3.8, 4) is 0 Å². The summed E-state index contributed by atoms with van der Waals surface area (Å²) in [5.74, 6) is 0.912. The fourth-order valence-electron chi connectivity index (χ4n) is 5.38. The van der Waals surface area contributed by atoms with Gasteiger partial charge in [-0.15, -0.1) is 16.4 Å². The minimum atomic E-state index is -0.0270. The standard InChI is InChI=1S/C26H32N6OS/c1-4-23(25-28-29-30-32(25)21-8-5-6-9-21)31(16-22-10-7-11-34-22)15-20-14-19-13-17(2)12-18(3)24(19)27-26(20)33/h7,10-14,21,23H,4-6,8-9,15-16H2,1-3H3,(H,27,33). The molecule has 7 nitrogen and oxygen atoms in total. The largest absolute Gasteiger partial charge is 0.321 e. The van der Waals surface area contributed by atoms with Gasteiger partial charge in [0.2, 0.25) is 0 Å². The number of thiophene rings is 1. The highest BCUT2D eigenvalue weighted by atomic mass is 32.1. The number of tetrazole rings is 1. The van der Waals surface area contributed by atoms with E-state index in [0.29, 0.717) is 12.6 Å². The number of H-pyrrole nitrogens is 1. The highest BCUT2D eigenvalue weighted by molar-refractivity contribution is 7.09. The smallest absolute Gasteiger partial charge is 0.252 e. The van der Waals surface area contributed by atoms with E-state index in [1.54, 1.807) is 11.3 Å². The summed E-state index contributed by atoms with van der Waals surface area (Å²) in [4.78, 5) is 19.9. The maximum absolute atomic E-state index is 13.2. The van der Waals surface area contributed by atoms with E-state index < -0.39 is 0 Å². The molecule has 0 bridgehead atoms. The fraction of sp³-hybridized carbons (Fsp3) is 0.462. The summed E-state index contributed by atoms with van der Waals surface area (Å²) >= 11 is 1.74. The van der Waals surface area contributed by atoms with Crippen molar-refractivity contribution in [2.75, 3.05) is 0 Å². The Morgan fingerprint density at radius 1 is 1.21 bits per heavy atom. The molecule has 34 heavy (non-hydrogen) atoms. The van der Waals surface area contributed by atoms with E-state index in [1.165, 1.54) is 23.3 Å². The lowest BCUT2D eigenvalue weighted by atomic mass is 10.0. The maximum Gasteiger partial charge on any atom is 0.252 e. The minimum absolute atomic E-state index is 0.0204. The average molecular weight is 477 g/mol. The van der Waals surface area contributed by atoms with E-state index in [1.807, 2.05) is 6.92 Å². The summed E-state index contributed by atoms with van der Waals surface area (Å²) in [6.07, 6.45) is 5.57. The van der Waals surface area contributed by atoms with Gasteiger partial charge in [-0.2, -0.15) is 0 Å². The Balaban J connectivity index is 1.53. The Labute approximate surface area is 203 Å². The van der Waals surface area contributed by atoms with Gasteiger partial charge in [-0.05, 0) is 78.1 Å². The van der Waals surface area contributed by atoms with E-state index >= 15 is 0 Å². The number of aromatic nitrogens is 5. The van der Waals surface area contributed by atoms with Gasteiger partial charge in [0.15, 0.2) is 5.82 Å². The van der Waals surface area contributed by atoms with Crippen LogP contribution in [-0.2, 0) is 13.1 Å². The third-order valence-electron chi connectivity index (χ3n) is 7.00. The van der Waals surface area contributed by atoms with Crippen LogP contribution in [0.5, 0.6) is 0 Å². The number of hydrogen-bond donors (Lipinski definition) is 1. The van der Waals surface area contributed by atoms with Crippen LogP contribution < -0.4 is 5.56 Å². The van der Waals surface area contributed by atoms with Gasteiger partial charge in [-0.25, -0.2) is 4.68 Å². The first-order chi connectivity index (χ1) is 16.5. The molecule has 1 fully saturated rings. The van der Waals surface area contributed by atoms with E-state index in [9.17, 15) is 4.79 Å². The van der Waals surface area contributed by atoms with Gasteiger partial charge in [0, 0.05) is 23.5 Å². The molecule has 1 N–H and O–H groups in total. The second-order valence-corrected chi connectivity index (χ2v) is 10.5. The van der Waals surface area contributed by atoms with Crippen molar-refractivity contribution in [1.82, 2.24) is 30.1 Å². The normalized spacial score (nSPS) is 15.5. The predicted molar refractivity (Wildman–Crippen MR) is 136 cm³/mol. The Bertz CT molecular complexity index is 1320. The molecule has 0 amide bonds. The van der Waals surface area contributed by atoms with Crippen molar-refractivity contribution in [1.29, 1.82) is 0 Å². The van der Waals surface area contributed by atoms with Crippen LogP contribution >= 0.6 is 11.3 Å². The molecule has 1 aliphatic rings. The first-order valence-electron chi connectivity index (χ1n) is 12.2. The van der Waals surface area contributed by atoms with E-state index in [4.69, 9.17) is 0 Å². The van der Waals surface area contributed by atoms with E-state index in [-0.39, 0.29) is 11.6 Å². The molecule has 5 rings (SSSR count). The van der Waals surface area contributed by atoms with Gasteiger partial charge < -0.3 is 4.98 Å². The Morgan fingerprint density at radius 3 is 2.76 bits per heavy atom. The van der Waals surface area contributed by atoms with Gasteiger partial charge in [0.25, 0.3) is 5.56 Å². The molecule has 1 saturated carbocycles. The first kappa shape index (κ1) is 22.9. The summed E-state index contributed by atoms with van der Waals surface area (Å²) in [7, 11) is 0. The second-order valence-electron chi connectivity index (χ2n) is 9.50. The van der Waals surface area contributed by atoms with Crippen molar-refractivity contribution < 1.29 is 0 Å². The van der Waals surface area contributed by atoms with Crippen LogP contribution in [0.4, 0.5) is 0 Å². The molecule has 8 heteroatoms. The Morgan fingerprint density at radius 2 is 2.03 bits per heavy atom. The second kappa shape index (κ2) is 9.80. The van der Waals surface area contributed by atoms with Crippen LogP contribution in [0.15, 0.2) is 40.5 Å². The molecule has 0 radical (unpaired) electrons. The summed E-state index contributed by atoms with van der Waals surface area (Å²) in [6, 6.07) is 10.9. The number of fused-ring (bicyclic) bond motifs is 1. The molecule has 1 atom stereocenters. The number of nitrogens with zero attached hydrogens (tertiary/aromatic N) is 5. The number of hydrogen-bond acceptors (Lipinski definition) is 6. The number of benzene rings is 1. The third kappa shape index (κ3) is 4.57. The highest BCUT2D eigenvalue weighted by Gasteiger charge is 2.29. The summed E-state index contributed by atoms with van der Waals surface area (Å²) in [5, 5.41) is 16.1. The molecule has 4 aromatic rings. The van der Waals surface area contributed by atoms with Crippen LogP contribution in [0.25, 0.3) is 10.9 Å². The van der Waals surface area contributed by atoms with Gasteiger partial charge in [0.05, 0.1) is 17.6 Å². The molecule has 0 aliphatic heterocycles. The maximum atomic E-state index is 13.2. The first-order valence-corrected chi connectivity index (χ1v) is 13.1. The SMILES string of the molecule is CCC(c1nnnn1C1CCCC1)N(Cc1cccs1)Cc1cc2cc(C)cc(C)c2[nH]c1=O. The molecular formula is C26H32N6OS. The third-order valence-corrected chi connectivity index (χ3v) is 7.86. The molecule has 3 heterocycles. The number of rotatable bonds is 8. The molecule has 0 saturated heterocycles. The summed E-state index contributed by atoms with van der Waals surface area (Å²) in [5.41, 5.74) is 3.95. The molecule has 1 aromatic carbocycles. The van der Waals surface area contributed by atoms with Crippen molar-refractivity contribution >= 4 is 22.2 Å². The zero-order chi connectivity index (χ0) is 23.7. The molecule has 1 unspecified atom stereocenters. The topological polar surface area (TPSA) is 79.7 Å². The van der Waals surface area contributed by atoms with Crippen molar-refractivity contribution in [2.45, 2.75) is 78.0 Å². The van der Waals surface area contributed by atoms with E-state index in [2.05, 4.69) is 79.7 Å². The number of nitrogens with one attached hydrogen (secondary N) is 1. The number of pyridine rings is 1. The summed E-state index contributed by atoms with van der Waals surface area (Å²) < 4.78 is 2.06. The lowest BCUT2D eigenvalue weighted by molar-refractivity contribution is 0.159. The van der Waals surface area contributed by atoms with Crippen LogP contribution in [0.1, 0.15) is 78.5 Å². The molecule has 1 aliphatic carbocycles. The van der Waals surface area contributed by atoms with Crippen molar-refractivity contribution in [3.05, 3.63) is 73.5 Å². The van der Waals surface area contributed by atoms with Crippen LogP contribution in [0.2, 0.25) is 0 Å². The predicted octanol–water partition coefficient (Wildman–Crippen LogP) is 5.46. The zero-order valence-electron chi connectivity index (χ0n) is 20.1. The highest BCUT2D eigenvalue weighted by Crippen LogP contribution is 2.34. The van der Waals surface area contributed by atoms with Gasteiger partial charge in [-0.3, -0.25) is 9.69 Å². The van der Waals surface area contributed by atoms with Crippen LogP contribution in [0, 0.1) is 13.8 Å². The fourth-order valence-corrected chi connectivity index (χ4v) is 6.11. The molecular weight excluding hydrogens is 444 g/mol. The summed E-state index contributed by atoms with van der Waals surface area (Å²) in [6.45, 7) is 7.60. The van der Waals surface area contributed by atoms with Gasteiger partial charge in [0.1, 0.15) is 0 Å². The molecule has 3 aromatic heterocycles. The Hall–Kier alpha value is -2.84. The quantitative estimate of drug-likeness (QED) is 0.365. The van der Waals surface area contributed by atoms with E-state index in [0.717, 1.165) is 53.7 Å². The average Bonchev–Trinajstić information content (AvgIpc) is 3.58. The minimum Gasteiger partial charge on any atom is -0.321 e. The zero-order valence-corrected chi connectivity index (χ0v) is 20.9. The lowest BCUT2D eigenvalue weighted by Crippen LogP contribution is -2.32. The number of aryl methyl sites for hydroxylation is 2. The Kier molecular flexibility index (Phi) is 6.61. The monoisotopic (exact) mass is 476 g/mol.